The maximum Gasteiger partial charge on any atom is 0.394 e. The molecule has 4 saturated heterocycles. The van der Waals surface area contributed by atoms with Crippen LogP contribution in [-0.4, -0.2) is 124 Å². The summed E-state index contributed by atoms with van der Waals surface area (Å²) in [5.74, 6) is -9.65. The van der Waals surface area contributed by atoms with Crippen molar-refractivity contribution in [3.8, 4) is 0 Å². The Hall–Kier alpha value is -0.890. The first-order chi connectivity index (χ1) is 31.9. The van der Waals surface area contributed by atoms with Gasteiger partial charge in [-0.05, 0) is 119 Å². The summed E-state index contributed by atoms with van der Waals surface area (Å²) in [5, 5.41) is 34.8. The number of hydrogen-bond donors (Lipinski definition) is 3. The Morgan fingerprint density at radius 1 is 0.783 bits per heavy atom. The summed E-state index contributed by atoms with van der Waals surface area (Å²) in [4.78, 5) is 0. The summed E-state index contributed by atoms with van der Waals surface area (Å²) in [6.07, 6.45) is -14.3. The van der Waals surface area contributed by atoms with E-state index in [1.54, 1.807) is 13.8 Å². The number of rotatable bonds is 18. The van der Waals surface area contributed by atoms with E-state index in [9.17, 15) is 23.7 Å². The Morgan fingerprint density at radius 3 is 1.88 bits per heavy atom. The minimum Gasteiger partial charge on any atom is -0.396 e. The SMILES string of the molecule is COCC(C)(C)C1(C(CC(C)(C)CO)(C2CCC(O)CC2)C2(CO)CC2)OCCC(C2OCC2C2(C3CCOC3)CCCS2(=O)=O)C1(C1CCC(F)(F)CC1)C(CCC(F)(F)F)C(C)(C)C(F)(F)F. The number of sulfone groups is 1. The Kier molecular flexibility index (Phi) is 15.4. The largest absolute Gasteiger partial charge is 0.396 e. The molecular formula is C51H82F8O9S. The van der Waals surface area contributed by atoms with E-state index in [2.05, 4.69) is 0 Å². The van der Waals surface area contributed by atoms with Gasteiger partial charge < -0.3 is 34.3 Å². The van der Waals surface area contributed by atoms with Gasteiger partial charge in [-0.25, -0.2) is 17.2 Å². The number of ether oxygens (including phenoxy) is 4. The molecule has 0 aromatic heterocycles. The molecule has 7 fully saturated rings. The molecule has 3 N–H and O–H groups in total. The van der Waals surface area contributed by atoms with E-state index in [4.69, 9.17) is 18.9 Å². The van der Waals surface area contributed by atoms with Crippen LogP contribution in [0.3, 0.4) is 0 Å². The monoisotopic (exact) mass is 1020 g/mol. The Bertz CT molecular complexity index is 1880. The van der Waals surface area contributed by atoms with Gasteiger partial charge in [0.1, 0.15) is 0 Å². The number of halogens is 8. The molecule has 0 spiro atoms. The van der Waals surface area contributed by atoms with Crippen molar-refractivity contribution in [3.63, 3.8) is 0 Å². The van der Waals surface area contributed by atoms with Crippen molar-refractivity contribution in [1.29, 1.82) is 0 Å². The maximum atomic E-state index is 16.8. The van der Waals surface area contributed by atoms with Crippen LogP contribution in [-0.2, 0) is 28.8 Å². The number of aliphatic hydroxyl groups excluding tert-OH is 3. The third kappa shape index (κ3) is 8.87. The smallest absolute Gasteiger partial charge is 0.394 e. The molecule has 9 atom stereocenters. The fourth-order valence-electron chi connectivity index (χ4n) is 17.3. The first kappa shape index (κ1) is 55.9. The summed E-state index contributed by atoms with van der Waals surface area (Å²) in [5.41, 5.74) is -12.5. The first-order valence-corrected chi connectivity index (χ1v) is 27.5. The van der Waals surface area contributed by atoms with Crippen LogP contribution in [0.2, 0.25) is 0 Å². The molecule has 4 heterocycles. The molecule has 3 saturated carbocycles. The molecule has 9 nitrogen and oxygen atoms in total. The van der Waals surface area contributed by atoms with Crippen LogP contribution < -0.4 is 0 Å². The molecule has 0 radical (unpaired) electrons. The topological polar surface area (TPSA) is 132 Å². The second-order valence-electron chi connectivity index (χ2n) is 25.0. The van der Waals surface area contributed by atoms with Gasteiger partial charge >= 0.3 is 12.4 Å². The minimum atomic E-state index is -5.18. The van der Waals surface area contributed by atoms with Crippen LogP contribution in [0, 0.1) is 68.0 Å². The Balaban J connectivity index is 1.72. The zero-order valence-electron chi connectivity index (χ0n) is 42.0. The Labute approximate surface area is 405 Å². The van der Waals surface area contributed by atoms with Gasteiger partial charge in [0.15, 0.2) is 9.84 Å². The molecule has 402 valence electrons. The highest BCUT2D eigenvalue weighted by Crippen LogP contribution is 2.83. The summed E-state index contributed by atoms with van der Waals surface area (Å²) in [6.45, 7) is 8.16. The molecule has 7 rings (SSSR count). The molecule has 4 aliphatic heterocycles. The van der Waals surface area contributed by atoms with Crippen molar-refractivity contribution >= 4 is 9.84 Å². The van der Waals surface area contributed by atoms with E-state index in [1.165, 1.54) is 7.11 Å². The van der Waals surface area contributed by atoms with Gasteiger partial charge in [-0.3, -0.25) is 0 Å². The van der Waals surface area contributed by atoms with Crippen LogP contribution in [0.5, 0.6) is 0 Å². The van der Waals surface area contributed by atoms with Crippen molar-refractivity contribution in [2.75, 3.05) is 59.1 Å². The van der Waals surface area contributed by atoms with Crippen molar-refractivity contribution in [1.82, 2.24) is 0 Å². The van der Waals surface area contributed by atoms with Crippen LogP contribution in [0.4, 0.5) is 35.1 Å². The third-order valence-corrected chi connectivity index (χ3v) is 22.9. The zero-order valence-corrected chi connectivity index (χ0v) is 42.8. The second-order valence-corrected chi connectivity index (χ2v) is 27.4. The van der Waals surface area contributed by atoms with E-state index >= 15 is 35.1 Å². The quantitative estimate of drug-likeness (QED) is 0.115. The van der Waals surface area contributed by atoms with Crippen molar-refractivity contribution in [2.24, 2.45) is 68.0 Å². The number of alkyl halides is 8. The molecule has 0 amide bonds. The van der Waals surface area contributed by atoms with Crippen LogP contribution in [0.15, 0.2) is 0 Å². The van der Waals surface area contributed by atoms with E-state index in [1.807, 2.05) is 13.8 Å². The van der Waals surface area contributed by atoms with Gasteiger partial charge in [0.2, 0.25) is 5.92 Å². The zero-order chi connectivity index (χ0) is 51.1. The molecule has 7 aliphatic rings. The summed E-state index contributed by atoms with van der Waals surface area (Å²) in [6, 6.07) is 0. The van der Waals surface area contributed by atoms with Gasteiger partial charge in [0.05, 0.1) is 53.5 Å². The predicted octanol–water partition coefficient (Wildman–Crippen LogP) is 10.5. The van der Waals surface area contributed by atoms with E-state index < -0.39 is 158 Å². The molecular weight excluding hydrogens is 941 g/mol. The second kappa shape index (κ2) is 19.0. The highest BCUT2D eigenvalue weighted by molar-refractivity contribution is 7.93. The van der Waals surface area contributed by atoms with Gasteiger partial charge in [0, 0.05) is 86.3 Å². The lowest BCUT2D eigenvalue weighted by atomic mass is 9.30. The highest BCUT2D eigenvalue weighted by Gasteiger charge is 2.86. The number of aliphatic hydroxyl groups is 3. The molecule has 0 bridgehead atoms. The summed E-state index contributed by atoms with van der Waals surface area (Å²) in [7, 11) is -2.50. The standard InChI is InChI=1S/C51H82F8O9S/c1-41(2,30-60)29-47(44(31-61)22-23-44,33-9-11-36(62)12-10-33)50(42(3,4)32-65-7)49(34-13-19-45(52,53)20-14-34,39(15-21-48(54,55)56)43(5,6)51(57,58)59)37(17-25-68-50)40-38(28-67-40)46(35-16-24-66-27-35)18-8-26-69(46,63)64/h33-40,60-62H,8-32H2,1-7H3. The van der Waals surface area contributed by atoms with Crippen LogP contribution in [0.25, 0.3) is 0 Å². The van der Waals surface area contributed by atoms with Crippen LogP contribution >= 0.6 is 0 Å². The summed E-state index contributed by atoms with van der Waals surface area (Å²) < 4.78 is 183. The van der Waals surface area contributed by atoms with Gasteiger partial charge in [-0.2, -0.15) is 26.3 Å². The lowest BCUT2D eigenvalue weighted by molar-refractivity contribution is -0.408. The minimum absolute atomic E-state index is 0.00738. The van der Waals surface area contributed by atoms with Gasteiger partial charge in [-0.1, -0.05) is 41.5 Å². The number of hydrogen-bond acceptors (Lipinski definition) is 9. The fraction of sp³-hybridized carbons (Fsp3) is 1.00. The van der Waals surface area contributed by atoms with E-state index in [-0.39, 0.29) is 77.1 Å². The normalized spacial score (nSPS) is 38.1. The molecule has 9 unspecified atom stereocenters. The lowest BCUT2D eigenvalue weighted by Gasteiger charge is -2.79. The lowest BCUT2D eigenvalue weighted by Crippen LogP contribution is -2.83. The third-order valence-electron chi connectivity index (χ3n) is 20.1. The van der Waals surface area contributed by atoms with Crippen molar-refractivity contribution < 1.29 is 77.8 Å². The average molecular weight is 1020 g/mol. The number of methoxy groups -OCH3 is 1. The molecule has 0 aromatic carbocycles. The Morgan fingerprint density at radius 2 is 1.42 bits per heavy atom. The fourth-order valence-corrected chi connectivity index (χ4v) is 20.0. The summed E-state index contributed by atoms with van der Waals surface area (Å²) >= 11 is 0. The molecule has 0 aromatic rings. The van der Waals surface area contributed by atoms with Crippen molar-refractivity contribution in [2.45, 2.75) is 192 Å². The molecule has 3 aliphatic carbocycles. The molecule has 69 heavy (non-hydrogen) atoms. The first-order valence-electron chi connectivity index (χ1n) is 25.8. The van der Waals surface area contributed by atoms with Crippen LogP contribution in [0.1, 0.15) is 151 Å². The van der Waals surface area contributed by atoms with E-state index in [0.717, 1.165) is 13.8 Å². The van der Waals surface area contributed by atoms with Gasteiger partial charge in [0.25, 0.3) is 0 Å². The molecule has 18 heteroatoms. The maximum absolute atomic E-state index is 16.8. The average Bonchev–Trinajstić information content (AvgIpc) is 3.72. The van der Waals surface area contributed by atoms with Crippen molar-refractivity contribution in [3.05, 3.63) is 0 Å². The predicted molar refractivity (Wildman–Crippen MR) is 243 cm³/mol. The van der Waals surface area contributed by atoms with Gasteiger partial charge in [-0.15, -0.1) is 0 Å². The van der Waals surface area contributed by atoms with E-state index in [0.29, 0.717) is 45.1 Å². The highest BCUT2D eigenvalue weighted by atomic mass is 32.2.